The number of alkyl halides is 2. The Morgan fingerprint density at radius 1 is 1.36 bits per heavy atom. The minimum Gasteiger partial charge on any atom is -0.433 e. The number of nitrogens with one attached hydrogen (secondary N) is 1. The van der Waals surface area contributed by atoms with Gasteiger partial charge in [-0.3, -0.25) is 9.78 Å². The van der Waals surface area contributed by atoms with Crippen LogP contribution < -0.4 is 10.1 Å². The number of hydrogen-bond acceptors (Lipinski definition) is 6. The summed E-state index contributed by atoms with van der Waals surface area (Å²) in [5.74, 6) is 0.381. The fourth-order valence-corrected chi connectivity index (χ4v) is 5.68. The molecule has 1 aliphatic carbocycles. The molecular weight excluding hydrogens is 432 g/mol. The van der Waals surface area contributed by atoms with Crippen LogP contribution in [0.15, 0.2) is 12.3 Å². The molecule has 0 bridgehead atoms. The molecule has 1 saturated carbocycles. The minimum absolute atomic E-state index is 0.0271. The third-order valence-electron chi connectivity index (χ3n) is 7.66. The molecule has 1 aromatic rings. The first-order valence-corrected chi connectivity index (χ1v) is 11.9. The molecule has 3 aliphatic rings. The average Bonchev–Trinajstić information content (AvgIpc) is 3.23. The molecule has 4 rings (SSSR count). The molecule has 0 aromatic carbocycles. The van der Waals surface area contributed by atoms with Crippen LogP contribution >= 0.6 is 0 Å². The first kappa shape index (κ1) is 24.3. The normalized spacial score (nSPS) is 30.0. The molecular formula is C24H35F2N3O4. The highest BCUT2D eigenvalue weighted by molar-refractivity contribution is 5.83. The number of fused-ring (bicyclic) bond motifs is 1. The molecule has 2 aliphatic heterocycles. The van der Waals surface area contributed by atoms with E-state index < -0.39 is 12.0 Å². The van der Waals surface area contributed by atoms with Crippen molar-refractivity contribution < 1.29 is 27.8 Å². The van der Waals surface area contributed by atoms with Crippen molar-refractivity contribution in [3.8, 4) is 5.75 Å². The molecule has 0 spiro atoms. The lowest BCUT2D eigenvalue weighted by molar-refractivity contribution is -0.146. The monoisotopic (exact) mass is 467 g/mol. The van der Waals surface area contributed by atoms with Crippen LogP contribution in [0, 0.1) is 11.3 Å². The smallest absolute Gasteiger partial charge is 0.387 e. The van der Waals surface area contributed by atoms with Crippen molar-refractivity contribution in [1.82, 2.24) is 15.2 Å². The summed E-state index contributed by atoms with van der Waals surface area (Å²) in [7, 11) is 1.71. The van der Waals surface area contributed by atoms with E-state index in [2.05, 4.69) is 28.9 Å². The molecule has 3 heterocycles. The Labute approximate surface area is 194 Å². The number of aromatic nitrogens is 1. The molecule has 33 heavy (non-hydrogen) atoms. The van der Waals surface area contributed by atoms with Gasteiger partial charge in [0.25, 0.3) is 0 Å². The zero-order valence-corrected chi connectivity index (χ0v) is 19.7. The van der Waals surface area contributed by atoms with Gasteiger partial charge in [0.1, 0.15) is 5.75 Å². The highest BCUT2D eigenvalue weighted by atomic mass is 19.3. The first-order valence-electron chi connectivity index (χ1n) is 11.9. The van der Waals surface area contributed by atoms with Crippen molar-refractivity contribution in [3.05, 3.63) is 23.5 Å². The van der Waals surface area contributed by atoms with Crippen molar-refractivity contribution in [2.45, 2.75) is 77.3 Å². The van der Waals surface area contributed by atoms with Crippen molar-refractivity contribution in [2.75, 3.05) is 26.9 Å². The number of rotatable bonds is 7. The molecule has 2 fully saturated rings. The van der Waals surface area contributed by atoms with E-state index in [-0.39, 0.29) is 35.8 Å². The van der Waals surface area contributed by atoms with Crippen molar-refractivity contribution in [1.29, 1.82) is 0 Å². The van der Waals surface area contributed by atoms with E-state index >= 15 is 0 Å². The van der Waals surface area contributed by atoms with Crippen molar-refractivity contribution in [3.63, 3.8) is 0 Å². The summed E-state index contributed by atoms with van der Waals surface area (Å²) < 4.78 is 40.9. The number of halogens is 2. The summed E-state index contributed by atoms with van der Waals surface area (Å²) >= 11 is 0. The second-order valence-electron chi connectivity index (χ2n) is 9.79. The van der Waals surface area contributed by atoms with Crippen LogP contribution in [0.4, 0.5) is 8.78 Å². The maximum absolute atomic E-state index is 13.9. The van der Waals surface area contributed by atoms with Gasteiger partial charge < -0.3 is 24.4 Å². The second-order valence-corrected chi connectivity index (χ2v) is 9.79. The summed E-state index contributed by atoms with van der Waals surface area (Å²) in [4.78, 5) is 20.0. The van der Waals surface area contributed by atoms with E-state index in [0.717, 1.165) is 43.5 Å². The third-order valence-corrected chi connectivity index (χ3v) is 7.66. The molecule has 2 unspecified atom stereocenters. The Morgan fingerprint density at radius 2 is 2.18 bits per heavy atom. The number of carbonyl (C=O) groups is 1. The van der Waals surface area contributed by atoms with Crippen LogP contribution in [-0.4, -0.2) is 67.5 Å². The summed E-state index contributed by atoms with van der Waals surface area (Å²) in [5, 5.41) is 3.75. The highest BCUT2D eigenvalue weighted by Gasteiger charge is 2.50. The molecule has 1 N–H and O–H groups in total. The Kier molecular flexibility index (Phi) is 7.50. The molecule has 9 heteroatoms. The molecule has 4 atom stereocenters. The lowest BCUT2D eigenvalue weighted by atomic mass is 9.74. The maximum atomic E-state index is 13.9. The maximum Gasteiger partial charge on any atom is 0.387 e. The van der Waals surface area contributed by atoms with E-state index in [1.54, 1.807) is 13.2 Å². The number of nitrogens with zero attached hydrogens (tertiary/aromatic N) is 2. The quantitative estimate of drug-likeness (QED) is 0.664. The van der Waals surface area contributed by atoms with Gasteiger partial charge in [0.2, 0.25) is 5.91 Å². The van der Waals surface area contributed by atoms with Crippen molar-refractivity contribution in [2.24, 2.45) is 11.3 Å². The van der Waals surface area contributed by atoms with Crippen LogP contribution in [0.5, 0.6) is 5.75 Å². The molecule has 7 nitrogen and oxygen atoms in total. The predicted octanol–water partition coefficient (Wildman–Crippen LogP) is 3.16. The summed E-state index contributed by atoms with van der Waals surface area (Å²) in [6, 6.07) is 2.07. The molecule has 1 amide bonds. The Morgan fingerprint density at radius 3 is 2.91 bits per heavy atom. The number of methoxy groups -OCH3 is 1. The van der Waals surface area contributed by atoms with E-state index in [1.165, 1.54) is 6.20 Å². The SMILES string of the molecule is COC1COCCC1N[C@@H]1CC[C@@](C(=O)N2CCc3ncc(OC(F)F)cc3C2)(C(C)C)C1. The zero-order valence-electron chi connectivity index (χ0n) is 19.7. The number of amides is 1. The summed E-state index contributed by atoms with van der Waals surface area (Å²) in [6.07, 6.45) is 5.43. The van der Waals surface area contributed by atoms with E-state index in [4.69, 9.17) is 9.47 Å². The van der Waals surface area contributed by atoms with Gasteiger partial charge in [-0.2, -0.15) is 8.78 Å². The van der Waals surface area contributed by atoms with Gasteiger partial charge in [-0.25, -0.2) is 0 Å². The Balaban J connectivity index is 1.45. The standard InChI is InChI=1S/C24H35F2N3O4/c1-15(2)24(7-4-17(11-24)28-20-6-9-32-14-21(20)31-3)22(30)29-8-5-19-16(13-29)10-18(12-27-19)33-23(25)26/h10,12,15,17,20-21,23,28H,4-9,11,13-14H2,1-3H3/t17-,20?,21?,24+/m1/s1. The van der Waals surface area contributed by atoms with Crippen LogP contribution in [0.3, 0.4) is 0 Å². The lowest BCUT2D eigenvalue weighted by Crippen LogP contribution is -2.52. The predicted molar refractivity (Wildman–Crippen MR) is 118 cm³/mol. The fraction of sp³-hybridized carbons (Fsp3) is 0.750. The molecule has 184 valence electrons. The van der Waals surface area contributed by atoms with Gasteiger partial charge in [-0.15, -0.1) is 0 Å². The molecule has 1 saturated heterocycles. The van der Waals surface area contributed by atoms with Crippen LogP contribution in [0.25, 0.3) is 0 Å². The average molecular weight is 468 g/mol. The van der Waals surface area contributed by atoms with Crippen LogP contribution in [0.2, 0.25) is 0 Å². The number of hydrogen-bond donors (Lipinski definition) is 1. The fourth-order valence-electron chi connectivity index (χ4n) is 5.68. The Bertz CT molecular complexity index is 840. The van der Waals surface area contributed by atoms with Gasteiger partial charge in [0.05, 0.1) is 24.3 Å². The van der Waals surface area contributed by atoms with E-state index in [1.807, 2.05) is 4.90 Å². The summed E-state index contributed by atoms with van der Waals surface area (Å²) in [6.45, 7) is 3.63. The van der Waals surface area contributed by atoms with Gasteiger partial charge in [-0.1, -0.05) is 13.8 Å². The topological polar surface area (TPSA) is 72.9 Å². The number of ether oxygens (including phenoxy) is 3. The van der Waals surface area contributed by atoms with E-state index in [9.17, 15) is 13.6 Å². The van der Waals surface area contributed by atoms with Crippen LogP contribution in [0.1, 0.15) is 50.8 Å². The van der Waals surface area contributed by atoms with Gasteiger partial charge in [-0.05, 0) is 43.2 Å². The van der Waals surface area contributed by atoms with Crippen molar-refractivity contribution >= 4 is 5.91 Å². The largest absolute Gasteiger partial charge is 0.433 e. The highest BCUT2D eigenvalue weighted by Crippen LogP contribution is 2.46. The van der Waals surface area contributed by atoms with Gasteiger partial charge >= 0.3 is 6.61 Å². The first-order chi connectivity index (χ1) is 15.8. The third kappa shape index (κ3) is 5.15. The molecule has 1 aromatic heterocycles. The Hall–Kier alpha value is -1.84. The van der Waals surface area contributed by atoms with Gasteiger partial charge in [0.15, 0.2) is 0 Å². The van der Waals surface area contributed by atoms with Gasteiger partial charge in [0, 0.05) is 51.0 Å². The zero-order chi connectivity index (χ0) is 23.6. The molecule has 0 radical (unpaired) electrons. The van der Waals surface area contributed by atoms with Crippen LogP contribution in [-0.2, 0) is 27.2 Å². The lowest BCUT2D eigenvalue weighted by Gasteiger charge is -2.40. The number of carbonyl (C=O) groups excluding carboxylic acids is 1. The van der Waals surface area contributed by atoms with E-state index in [0.29, 0.717) is 26.1 Å². The number of pyridine rings is 1. The summed E-state index contributed by atoms with van der Waals surface area (Å²) in [5.41, 5.74) is 1.19. The second kappa shape index (κ2) is 10.2. The minimum atomic E-state index is -2.90.